The molecule has 0 aromatic carbocycles. The fraction of sp³-hybridized carbons (Fsp3) is 0.600. The van der Waals surface area contributed by atoms with E-state index < -0.39 is 0 Å². The highest BCUT2D eigenvalue weighted by atomic mass is 32.2. The first-order chi connectivity index (χ1) is 18.3. The minimum absolute atomic E-state index is 0.0402. The van der Waals surface area contributed by atoms with Crippen LogP contribution in [-0.2, 0) is 4.79 Å². The van der Waals surface area contributed by atoms with Gasteiger partial charge in [0.1, 0.15) is 0 Å². The Labute approximate surface area is 232 Å². The molecule has 2 aromatic heterocycles. The van der Waals surface area contributed by atoms with Gasteiger partial charge < -0.3 is 16.0 Å². The van der Waals surface area contributed by atoms with Gasteiger partial charge >= 0.3 is 0 Å². The van der Waals surface area contributed by atoms with Gasteiger partial charge in [0.25, 0.3) is 0 Å². The number of hydrogen-bond donors (Lipinski definition) is 3. The first-order valence-corrected chi connectivity index (χ1v) is 14.9. The number of thioether (sulfide) groups is 1. The summed E-state index contributed by atoms with van der Waals surface area (Å²) < 4.78 is 0. The van der Waals surface area contributed by atoms with Crippen LogP contribution in [0.3, 0.4) is 0 Å². The van der Waals surface area contributed by atoms with Crippen molar-refractivity contribution in [3.05, 3.63) is 30.1 Å². The molecule has 0 bridgehead atoms. The molecule has 0 radical (unpaired) electrons. The van der Waals surface area contributed by atoms with Crippen LogP contribution in [0.5, 0.6) is 0 Å². The molecule has 4 N–H and O–H groups in total. The zero-order valence-electron chi connectivity index (χ0n) is 22.3. The number of piperidine rings is 1. The van der Waals surface area contributed by atoms with Crippen molar-refractivity contribution in [2.45, 2.75) is 56.9 Å². The molecule has 206 valence electrons. The van der Waals surface area contributed by atoms with E-state index in [4.69, 9.17) is 5.73 Å². The van der Waals surface area contributed by atoms with Crippen molar-refractivity contribution in [1.82, 2.24) is 25.3 Å². The molecule has 4 rings (SSSR count). The summed E-state index contributed by atoms with van der Waals surface area (Å²) in [5.41, 5.74) is 6.74. The first kappa shape index (κ1) is 28.2. The van der Waals surface area contributed by atoms with Gasteiger partial charge in [-0.1, -0.05) is 11.3 Å². The van der Waals surface area contributed by atoms with Gasteiger partial charge in [-0.25, -0.2) is 0 Å². The normalized spacial score (nSPS) is 19.8. The van der Waals surface area contributed by atoms with Crippen LogP contribution in [0.2, 0.25) is 0 Å². The van der Waals surface area contributed by atoms with Crippen molar-refractivity contribution in [3.63, 3.8) is 0 Å². The smallest absolute Gasteiger partial charge is 0.236 e. The lowest BCUT2D eigenvalue weighted by atomic mass is 10.1. The van der Waals surface area contributed by atoms with E-state index >= 15 is 0 Å². The lowest BCUT2D eigenvalue weighted by Gasteiger charge is -2.31. The number of nitrogens with zero attached hydrogens (tertiary/aromatic N) is 7. The average molecular weight is 559 g/mol. The van der Waals surface area contributed by atoms with E-state index in [1.165, 1.54) is 11.3 Å². The summed E-state index contributed by atoms with van der Waals surface area (Å²) in [6.45, 7) is 10.7. The fourth-order valence-electron chi connectivity index (χ4n) is 4.31. The van der Waals surface area contributed by atoms with Gasteiger partial charge in [-0.2, -0.15) is 5.10 Å². The molecule has 0 aliphatic carbocycles. The number of anilines is 3. The van der Waals surface area contributed by atoms with Crippen molar-refractivity contribution in [3.8, 4) is 0 Å². The Morgan fingerprint density at radius 2 is 2.00 bits per heavy atom. The van der Waals surface area contributed by atoms with Crippen LogP contribution in [-0.4, -0.2) is 92.7 Å². The largest absolute Gasteiger partial charge is 0.404 e. The molecule has 1 unspecified atom stereocenters. The summed E-state index contributed by atoms with van der Waals surface area (Å²) in [7, 11) is 0. The Balaban J connectivity index is 1.13. The first-order valence-electron chi connectivity index (χ1n) is 13.0. The third-order valence-corrected chi connectivity index (χ3v) is 8.43. The monoisotopic (exact) mass is 558 g/mol. The molecule has 4 heterocycles. The predicted molar refractivity (Wildman–Crippen MR) is 157 cm³/mol. The number of rotatable bonds is 10. The van der Waals surface area contributed by atoms with Crippen molar-refractivity contribution >= 4 is 51.3 Å². The van der Waals surface area contributed by atoms with Crippen molar-refractivity contribution in [1.29, 1.82) is 0 Å². The maximum Gasteiger partial charge on any atom is 0.236 e. The molecule has 2 aliphatic heterocycles. The Hall–Kier alpha value is -2.77. The SMILES string of the molecule is CC(C)(C)N=C/C(=C\N)CN1CCC(SCC(=O)Nc2nnc(NC3CCN(c4cccnn4)C3)s2)CC1. The number of amides is 1. The highest BCUT2D eigenvalue weighted by Crippen LogP contribution is 2.26. The zero-order valence-corrected chi connectivity index (χ0v) is 24.0. The summed E-state index contributed by atoms with van der Waals surface area (Å²) >= 11 is 3.08. The highest BCUT2D eigenvalue weighted by Gasteiger charge is 2.25. The molecular weight excluding hydrogens is 520 g/mol. The second kappa shape index (κ2) is 13.3. The summed E-state index contributed by atoms with van der Waals surface area (Å²) in [6, 6.07) is 4.11. The number of carbonyl (C=O) groups excluding carboxylic acids is 1. The summed E-state index contributed by atoms with van der Waals surface area (Å²) in [6.07, 6.45) is 8.29. The molecule has 1 atom stereocenters. The van der Waals surface area contributed by atoms with Crippen LogP contribution in [0, 0.1) is 0 Å². The molecule has 0 saturated carbocycles. The number of carbonyl (C=O) groups is 1. The second-order valence-electron chi connectivity index (χ2n) is 10.6. The predicted octanol–water partition coefficient (Wildman–Crippen LogP) is 2.87. The Morgan fingerprint density at radius 3 is 2.71 bits per heavy atom. The number of likely N-dealkylation sites (tertiary alicyclic amines) is 1. The van der Waals surface area contributed by atoms with Crippen LogP contribution in [0.4, 0.5) is 16.1 Å². The molecule has 2 saturated heterocycles. The molecule has 13 heteroatoms. The van der Waals surface area contributed by atoms with Crippen LogP contribution in [0.15, 0.2) is 35.1 Å². The highest BCUT2D eigenvalue weighted by molar-refractivity contribution is 8.00. The lowest BCUT2D eigenvalue weighted by Crippen LogP contribution is -2.37. The van der Waals surface area contributed by atoms with Crippen molar-refractivity contribution in [2.75, 3.05) is 54.0 Å². The van der Waals surface area contributed by atoms with Crippen LogP contribution < -0.4 is 21.3 Å². The summed E-state index contributed by atoms with van der Waals surface area (Å²) in [5, 5.41) is 24.5. The van der Waals surface area contributed by atoms with E-state index in [1.54, 1.807) is 24.2 Å². The maximum atomic E-state index is 12.5. The van der Waals surface area contributed by atoms with E-state index in [0.717, 1.165) is 63.4 Å². The second-order valence-corrected chi connectivity index (χ2v) is 12.8. The Morgan fingerprint density at radius 1 is 1.21 bits per heavy atom. The van der Waals surface area contributed by atoms with Crippen molar-refractivity contribution < 1.29 is 4.79 Å². The number of aromatic nitrogens is 4. The molecule has 1 amide bonds. The van der Waals surface area contributed by atoms with E-state index in [1.807, 2.05) is 18.3 Å². The summed E-state index contributed by atoms with van der Waals surface area (Å²) in [4.78, 5) is 21.7. The van der Waals surface area contributed by atoms with E-state index in [9.17, 15) is 4.79 Å². The minimum atomic E-state index is -0.109. The van der Waals surface area contributed by atoms with Crippen LogP contribution in [0.1, 0.15) is 40.0 Å². The van der Waals surface area contributed by atoms with Gasteiger partial charge in [0.2, 0.25) is 16.2 Å². The molecule has 2 fully saturated rings. The Kier molecular flexibility index (Phi) is 9.91. The van der Waals surface area contributed by atoms with Gasteiger partial charge in [0, 0.05) is 43.3 Å². The lowest BCUT2D eigenvalue weighted by molar-refractivity contribution is -0.113. The molecule has 2 aromatic rings. The molecule has 2 aliphatic rings. The van der Waals surface area contributed by atoms with Crippen LogP contribution in [0.25, 0.3) is 0 Å². The minimum Gasteiger partial charge on any atom is -0.404 e. The van der Waals surface area contributed by atoms with Gasteiger partial charge in [0.15, 0.2) is 5.82 Å². The fourth-order valence-corrected chi connectivity index (χ4v) is 6.05. The summed E-state index contributed by atoms with van der Waals surface area (Å²) in [5.74, 6) is 1.25. The standard InChI is InChI=1S/C25H38N10OS2/c1-25(2,3)27-14-18(13-26)15-34-10-7-20(8-11-34)37-17-22(36)30-24-33-32-23(38-24)29-19-6-12-35(16-19)21-5-4-9-28-31-21/h4-5,9,13-14,19-20H,6-8,10-12,15-17,26H2,1-3H3,(H,29,32)(H,30,33,36)/b18-13+,27-14?. The number of nitrogens with two attached hydrogens (primary N) is 1. The van der Waals surface area contributed by atoms with Crippen LogP contribution >= 0.6 is 23.1 Å². The van der Waals surface area contributed by atoms with Gasteiger partial charge in [0.05, 0.1) is 11.3 Å². The maximum absolute atomic E-state index is 12.5. The van der Waals surface area contributed by atoms with E-state index in [2.05, 4.69) is 66.6 Å². The third-order valence-electron chi connectivity index (χ3n) is 6.29. The van der Waals surface area contributed by atoms with Crippen molar-refractivity contribution in [2.24, 2.45) is 10.7 Å². The molecule has 11 nitrogen and oxygen atoms in total. The topological polar surface area (TPSA) is 138 Å². The third kappa shape index (κ3) is 8.91. The molecule has 0 spiro atoms. The average Bonchev–Trinajstić information content (AvgIpc) is 3.56. The Bertz CT molecular complexity index is 1090. The number of aliphatic imine (C=N–C) groups is 1. The quantitative estimate of drug-likeness (QED) is 0.373. The number of hydrogen-bond acceptors (Lipinski definition) is 12. The zero-order chi connectivity index (χ0) is 27.0. The van der Waals surface area contributed by atoms with E-state index in [0.29, 0.717) is 21.3 Å². The van der Waals surface area contributed by atoms with Gasteiger partial charge in [-0.15, -0.1) is 27.1 Å². The van der Waals surface area contributed by atoms with E-state index in [-0.39, 0.29) is 17.5 Å². The molecular formula is C25H38N10OS2. The molecule has 38 heavy (non-hydrogen) atoms. The number of nitrogens with one attached hydrogen (secondary N) is 2. The van der Waals surface area contributed by atoms with Gasteiger partial charge in [-0.05, 0) is 77.0 Å². The van der Waals surface area contributed by atoms with Gasteiger partial charge in [-0.3, -0.25) is 20.0 Å².